The van der Waals surface area contributed by atoms with Gasteiger partial charge in [-0.3, -0.25) is 4.90 Å². The van der Waals surface area contributed by atoms with Crippen LogP contribution in [-0.2, 0) is 0 Å². The van der Waals surface area contributed by atoms with Gasteiger partial charge in [-0.2, -0.15) is 0 Å². The molecule has 2 heteroatoms. The van der Waals surface area contributed by atoms with E-state index < -0.39 is 0 Å². The molecule has 0 radical (unpaired) electrons. The summed E-state index contributed by atoms with van der Waals surface area (Å²) in [7, 11) is 2.25. The van der Waals surface area contributed by atoms with E-state index in [4.69, 9.17) is 0 Å². The predicted molar refractivity (Wildman–Crippen MR) is 58.0 cm³/mol. The van der Waals surface area contributed by atoms with Crippen molar-refractivity contribution >= 4 is 0 Å². The first-order valence-electron chi connectivity index (χ1n) is 5.33. The van der Waals surface area contributed by atoms with Crippen molar-refractivity contribution in [3.05, 3.63) is 0 Å². The van der Waals surface area contributed by atoms with Gasteiger partial charge in [-0.05, 0) is 25.8 Å². The molecule has 0 saturated carbocycles. The number of nitrogens with one attached hydrogen (secondary N) is 1. The standard InChI is InChI=1S/C11H24N2/c1-9-7-12-8-10(13(9)5)6-11(2,3)4/h9-10,12H,6-8H2,1-5H3/t9-,10?/m1/s1. The highest BCUT2D eigenvalue weighted by molar-refractivity contribution is 4.85. The number of piperazine rings is 1. The van der Waals surface area contributed by atoms with Crippen LogP contribution in [0.3, 0.4) is 0 Å². The number of rotatable bonds is 1. The summed E-state index contributed by atoms with van der Waals surface area (Å²) in [5, 5.41) is 3.50. The molecule has 1 heterocycles. The van der Waals surface area contributed by atoms with Crippen molar-refractivity contribution in [3.8, 4) is 0 Å². The number of likely N-dealkylation sites (N-methyl/N-ethyl adjacent to an activating group) is 1. The van der Waals surface area contributed by atoms with E-state index in [1.54, 1.807) is 0 Å². The zero-order valence-electron chi connectivity index (χ0n) is 9.72. The summed E-state index contributed by atoms with van der Waals surface area (Å²) in [6, 6.07) is 1.39. The maximum atomic E-state index is 3.50. The van der Waals surface area contributed by atoms with E-state index in [9.17, 15) is 0 Å². The third-order valence-electron chi connectivity index (χ3n) is 2.94. The smallest absolute Gasteiger partial charge is 0.0225 e. The fourth-order valence-corrected chi connectivity index (χ4v) is 2.03. The van der Waals surface area contributed by atoms with Crippen LogP contribution >= 0.6 is 0 Å². The summed E-state index contributed by atoms with van der Waals surface area (Å²) in [5.41, 5.74) is 0.442. The summed E-state index contributed by atoms with van der Waals surface area (Å²) in [6.07, 6.45) is 1.28. The highest BCUT2D eigenvalue weighted by Gasteiger charge is 2.27. The molecule has 13 heavy (non-hydrogen) atoms. The molecule has 1 N–H and O–H groups in total. The van der Waals surface area contributed by atoms with Gasteiger partial charge in [0, 0.05) is 25.2 Å². The zero-order valence-corrected chi connectivity index (χ0v) is 9.72. The Kier molecular flexibility index (Phi) is 3.36. The minimum Gasteiger partial charge on any atom is -0.314 e. The molecule has 1 rings (SSSR count). The van der Waals surface area contributed by atoms with Gasteiger partial charge in [-0.1, -0.05) is 20.8 Å². The van der Waals surface area contributed by atoms with E-state index in [1.165, 1.54) is 6.42 Å². The second-order valence-corrected chi connectivity index (χ2v) is 5.59. The van der Waals surface area contributed by atoms with Crippen molar-refractivity contribution in [2.24, 2.45) is 5.41 Å². The molecule has 0 bridgehead atoms. The third kappa shape index (κ3) is 3.28. The van der Waals surface area contributed by atoms with Crippen molar-refractivity contribution in [1.82, 2.24) is 10.2 Å². The fourth-order valence-electron chi connectivity index (χ4n) is 2.03. The summed E-state index contributed by atoms with van der Waals surface area (Å²) in [5.74, 6) is 0. The molecular weight excluding hydrogens is 160 g/mol. The number of nitrogens with zero attached hydrogens (tertiary/aromatic N) is 1. The predicted octanol–water partition coefficient (Wildman–Crippen LogP) is 1.71. The summed E-state index contributed by atoms with van der Waals surface area (Å²) < 4.78 is 0. The quantitative estimate of drug-likeness (QED) is 0.667. The van der Waals surface area contributed by atoms with Gasteiger partial charge in [-0.15, -0.1) is 0 Å². The highest BCUT2D eigenvalue weighted by atomic mass is 15.2. The molecule has 0 aromatic carbocycles. The fraction of sp³-hybridized carbons (Fsp3) is 1.00. The number of hydrogen-bond acceptors (Lipinski definition) is 2. The van der Waals surface area contributed by atoms with Crippen molar-refractivity contribution in [3.63, 3.8) is 0 Å². The van der Waals surface area contributed by atoms with E-state index in [0.717, 1.165) is 13.1 Å². The van der Waals surface area contributed by atoms with Gasteiger partial charge in [0.05, 0.1) is 0 Å². The van der Waals surface area contributed by atoms with Crippen molar-refractivity contribution in [2.75, 3.05) is 20.1 Å². The van der Waals surface area contributed by atoms with E-state index in [-0.39, 0.29) is 0 Å². The van der Waals surface area contributed by atoms with E-state index in [1.807, 2.05) is 0 Å². The minimum absolute atomic E-state index is 0.442. The monoisotopic (exact) mass is 184 g/mol. The molecule has 0 amide bonds. The summed E-state index contributed by atoms with van der Waals surface area (Å²) >= 11 is 0. The molecule has 0 aliphatic carbocycles. The second-order valence-electron chi connectivity index (χ2n) is 5.59. The van der Waals surface area contributed by atoms with Crippen LogP contribution in [0.1, 0.15) is 34.1 Å². The maximum absolute atomic E-state index is 3.50. The first kappa shape index (κ1) is 11.0. The maximum Gasteiger partial charge on any atom is 0.0225 e. The molecule has 2 nitrogen and oxygen atoms in total. The molecule has 0 aromatic rings. The van der Waals surface area contributed by atoms with Crippen LogP contribution in [0.5, 0.6) is 0 Å². The van der Waals surface area contributed by atoms with Crippen LogP contribution in [0.4, 0.5) is 0 Å². The topological polar surface area (TPSA) is 15.3 Å². The normalized spacial score (nSPS) is 32.1. The SMILES string of the molecule is C[C@@H]1CNCC(CC(C)(C)C)N1C. The molecule has 0 spiro atoms. The van der Waals surface area contributed by atoms with Gasteiger partial charge >= 0.3 is 0 Å². The van der Waals surface area contributed by atoms with Crippen LogP contribution < -0.4 is 5.32 Å². The lowest BCUT2D eigenvalue weighted by Crippen LogP contribution is -2.55. The lowest BCUT2D eigenvalue weighted by Gasteiger charge is -2.41. The van der Waals surface area contributed by atoms with Crippen molar-refractivity contribution < 1.29 is 0 Å². The Hall–Kier alpha value is -0.0800. The van der Waals surface area contributed by atoms with Gasteiger partial charge in [0.2, 0.25) is 0 Å². The molecule has 2 atom stereocenters. The van der Waals surface area contributed by atoms with E-state index in [0.29, 0.717) is 17.5 Å². The second kappa shape index (κ2) is 3.97. The Morgan fingerprint density at radius 3 is 2.46 bits per heavy atom. The molecule has 0 aromatic heterocycles. The van der Waals surface area contributed by atoms with E-state index in [2.05, 4.69) is 45.0 Å². The average Bonchev–Trinajstić information content (AvgIpc) is 1.96. The van der Waals surface area contributed by atoms with Gasteiger partial charge in [0.15, 0.2) is 0 Å². The van der Waals surface area contributed by atoms with Crippen LogP contribution in [0.2, 0.25) is 0 Å². The molecule has 1 saturated heterocycles. The first-order chi connectivity index (χ1) is 5.90. The summed E-state index contributed by atoms with van der Waals surface area (Å²) in [6.45, 7) is 11.5. The van der Waals surface area contributed by atoms with Gasteiger partial charge in [0.1, 0.15) is 0 Å². The highest BCUT2D eigenvalue weighted by Crippen LogP contribution is 2.24. The number of hydrogen-bond donors (Lipinski definition) is 1. The van der Waals surface area contributed by atoms with Gasteiger partial charge in [0.25, 0.3) is 0 Å². The zero-order chi connectivity index (χ0) is 10.1. The minimum atomic E-state index is 0.442. The Bertz CT molecular complexity index is 160. The third-order valence-corrected chi connectivity index (χ3v) is 2.94. The molecule has 78 valence electrons. The lowest BCUT2D eigenvalue weighted by molar-refractivity contribution is 0.106. The molecule has 1 unspecified atom stereocenters. The van der Waals surface area contributed by atoms with Crippen LogP contribution in [0.15, 0.2) is 0 Å². The van der Waals surface area contributed by atoms with Gasteiger partial charge in [-0.25, -0.2) is 0 Å². The van der Waals surface area contributed by atoms with Crippen molar-refractivity contribution in [2.45, 2.75) is 46.2 Å². The largest absolute Gasteiger partial charge is 0.314 e. The molecule has 1 aliphatic rings. The van der Waals surface area contributed by atoms with Crippen LogP contribution in [-0.4, -0.2) is 37.1 Å². The lowest BCUT2D eigenvalue weighted by atomic mass is 9.86. The van der Waals surface area contributed by atoms with Crippen molar-refractivity contribution in [1.29, 1.82) is 0 Å². The Morgan fingerprint density at radius 1 is 1.31 bits per heavy atom. The molecule has 1 fully saturated rings. The van der Waals surface area contributed by atoms with Crippen LogP contribution in [0.25, 0.3) is 0 Å². The Morgan fingerprint density at radius 2 is 1.92 bits per heavy atom. The Balaban J connectivity index is 2.49. The first-order valence-corrected chi connectivity index (χ1v) is 5.33. The van der Waals surface area contributed by atoms with Crippen LogP contribution in [0, 0.1) is 5.41 Å². The summed E-state index contributed by atoms with van der Waals surface area (Å²) in [4.78, 5) is 2.52. The Labute approximate surface area is 82.7 Å². The average molecular weight is 184 g/mol. The van der Waals surface area contributed by atoms with Gasteiger partial charge < -0.3 is 5.32 Å². The molecular formula is C11H24N2. The van der Waals surface area contributed by atoms with E-state index >= 15 is 0 Å². The molecule has 1 aliphatic heterocycles.